The Morgan fingerprint density at radius 1 is 1.43 bits per heavy atom. The minimum absolute atomic E-state index is 0. The van der Waals surface area contributed by atoms with Gasteiger partial charge in [-0.3, -0.25) is 4.79 Å². The van der Waals surface area contributed by atoms with Crippen molar-refractivity contribution in [3.05, 3.63) is 35.4 Å². The summed E-state index contributed by atoms with van der Waals surface area (Å²) in [6, 6.07) is 4.62. The van der Waals surface area contributed by atoms with Crippen LogP contribution in [0, 0.1) is 5.92 Å². The van der Waals surface area contributed by atoms with Gasteiger partial charge in [0.05, 0.1) is 17.5 Å². The highest BCUT2D eigenvalue weighted by molar-refractivity contribution is 5.85. The second-order valence-electron chi connectivity index (χ2n) is 5.04. The van der Waals surface area contributed by atoms with Gasteiger partial charge in [0.2, 0.25) is 5.91 Å². The van der Waals surface area contributed by atoms with Crippen molar-refractivity contribution >= 4 is 18.3 Å². The molecule has 118 valence electrons. The molecule has 0 aliphatic carbocycles. The average Bonchev–Trinajstić information content (AvgIpc) is 2.91. The molecular weight excluding hydrogens is 305 g/mol. The largest absolute Gasteiger partial charge is 0.416 e. The van der Waals surface area contributed by atoms with Crippen molar-refractivity contribution in [3.63, 3.8) is 0 Å². The molecule has 1 aliphatic rings. The second kappa shape index (κ2) is 7.13. The van der Waals surface area contributed by atoms with Crippen LogP contribution in [0.5, 0.6) is 0 Å². The average molecular weight is 323 g/mol. The lowest BCUT2D eigenvalue weighted by molar-refractivity contribution is -0.137. The van der Waals surface area contributed by atoms with Crippen LogP contribution in [-0.4, -0.2) is 19.0 Å². The molecule has 0 spiro atoms. The lowest BCUT2D eigenvalue weighted by Crippen LogP contribution is -2.33. The van der Waals surface area contributed by atoms with Crippen LogP contribution in [0.15, 0.2) is 24.3 Å². The molecule has 7 heteroatoms. The van der Waals surface area contributed by atoms with Gasteiger partial charge in [0.15, 0.2) is 0 Å². The van der Waals surface area contributed by atoms with Crippen molar-refractivity contribution < 1.29 is 18.0 Å². The van der Waals surface area contributed by atoms with Gasteiger partial charge < -0.3 is 10.6 Å². The highest BCUT2D eigenvalue weighted by Gasteiger charge is 2.31. The van der Waals surface area contributed by atoms with Gasteiger partial charge in [-0.25, -0.2) is 0 Å². The van der Waals surface area contributed by atoms with Crippen LogP contribution < -0.4 is 10.6 Å². The topological polar surface area (TPSA) is 41.1 Å². The highest BCUT2D eigenvalue weighted by atomic mass is 35.5. The Balaban J connectivity index is 0.00000220. The van der Waals surface area contributed by atoms with E-state index in [1.165, 1.54) is 6.07 Å². The molecule has 2 unspecified atom stereocenters. The van der Waals surface area contributed by atoms with Crippen molar-refractivity contribution in [2.45, 2.75) is 25.6 Å². The van der Waals surface area contributed by atoms with E-state index < -0.39 is 17.8 Å². The van der Waals surface area contributed by atoms with Crippen LogP contribution in [0.2, 0.25) is 0 Å². The van der Waals surface area contributed by atoms with Gasteiger partial charge in [0, 0.05) is 6.54 Å². The number of hydrogen-bond acceptors (Lipinski definition) is 2. The van der Waals surface area contributed by atoms with Crippen molar-refractivity contribution in [2.24, 2.45) is 5.92 Å². The lowest BCUT2D eigenvalue weighted by Gasteiger charge is -2.18. The Kier molecular flexibility index (Phi) is 6.04. The molecule has 1 aromatic carbocycles. The minimum Gasteiger partial charge on any atom is -0.349 e. The summed E-state index contributed by atoms with van der Waals surface area (Å²) in [6.45, 7) is 3.12. The fraction of sp³-hybridized carbons (Fsp3) is 0.500. The first-order valence-corrected chi connectivity index (χ1v) is 6.56. The molecule has 2 rings (SSSR count). The van der Waals surface area contributed by atoms with Gasteiger partial charge in [-0.05, 0) is 37.6 Å². The van der Waals surface area contributed by atoms with Crippen LogP contribution >= 0.6 is 12.4 Å². The molecule has 1 aliphatic heterocycles. The predicted molar refractivity (Wildman–Crippen MR) is 76.2 cm³/mol. The number of carbonyl (C=O) groups excluding carboxylic acids is 1. The first-order valence-electron chi connectivity index (χ1n) is 6.56. The second-order valence-corrected chi connectivity index (χ2v) is 5.04. The zero-order valence-corrected chi connectivity index (χ0v) is 12.4. The van der Waals surface area contributed by atoms with Crippen LogP contribution in [0.25, 0.3) is 0 Å². The number of amides is 1. The Bertz CT molecular complexity index is 487. The molecule has 1 saturated heterocycles. The Labute approximate surface area is 127 Å². The van der Waals surface area contributed by atoms with E-state index in [-0.39, 0.29) is 24.2 Å². The van der Waals surface area contributed by atoms with E-state index in [1.54, 1.807) is 13.0 Å². The Morgan fingerprint density at radius 3 is 2.71 bits per heavy atom. The number of alkyl halides is 3. The number of hydrogen-bond donors (Lipinski definition) is 2. The summed E-state index contributed by atoms with van der Waals surface area (Å²) < 4.78 is 37.9. The first-order chi connectivity index (χ1) is 9.38. The molecule has 1 heterocycles. The van der Waals surface area contributed by atoms with E-state index in [0.29, 0.717) is 12.1 Å². The maximum absolute atomic E-state index is 12.6. The number of benzene rings is 1. The summed E-state index contributed by atoms with van der Waals surface area (Å²) in [5.41, 5.74) is -0.238. The summed E-state index contributed by atoms with van der Waals surface area (Å²) in [5.74, 6) is -0.205. The van der Waals surface area contributed by atoms with Crippen molar-refractivity contribution in [2.75, 3.05) is 13.1 Å². The van der Waals surface area contributed by atoms with Gasteiger partial charge in [0.1, 0.15) is 0 Å². The molecular formula is C14H18ClF3N2O. The number of rotatable bonds is 3. The number of carbonyl (C=O) groups is 1. The summed E-state index contributed by atoms with van der Waals surface area (Å²) in [4.78, 5) is 11.9. The third kappa shape index (κ3) is 4.61. The SMILES string of the molecule is CC(NC(=O)C1CCNC1)c1cccc(C(F)(F)F)c1.Cl. The standard InChI is InChI=1S/C14H17F3N2O.ClH/c1-9(19-13(20)11-5-6-18-8-11)10-3-2-4-12(7-10)14(15,16)17;/h2-4,7,9,11,18H,5-6,8H2,1H3,(H,19,20);1H. The monoisotopic (exact) mass is 322 g/mol. The van der Waals surface area contributed by atoms with Crippen LogP contribution in [0.4, 0.5) is 13.2 Å². The minimum atomic E-state index is -4.37. The maximum Gasteiger partial charge on any atom is 0.416 e. The summed E-state index contributed by atoms with van der Waals surface area (Å²) in [6.07, 6.45) is -3.60. The lowest BCUT2D eigenvalue weighted by atomic mass is 10.0. The first kappa shape index (κ1) is 17.8. The van der Waals surface area contributed by atoms with Gasteiger partial charge in [-0.1, -0.05) is 12.1 Å². The van der Waals surface area contributed by atoms with Crippen LogP contribution in [0.1, 0.15) is 30.5 Å². The van der Waals surface area contributed by atoms with E-state index in [9.17, 15) is 18.0 Å². The van der Waals surface area contributed by atoms with E-state index in [1.807, 2.05) is 0 Å². The quantitative estimate of drug-likeness (QED) is 0.898. The van der Waals surface area contributed by atoms with Crippen LogP contribution in [-0.2, 0) is 11.0 Å². The molecule has 1 amide bonds. The van der Waals surface area contributed by atoms with E-state index in [2.05, 4.69) is 10.6 Å². The third-order valence-corrected chi connectivity index (χ3v) is 3.50. The van der Waals surface area contributed by atoms with Gasteiger partial charge in [-0.2, -0.15) is 13.2 Å². The van der Waals surface area contributed by atoms with Gasteiger partial charge in [-0.15, -0.1) is 12.4 Å². The number of nitrogens with one attached hydrogen (secondary N) is 2. The Hall–Kier alpha value is -1.27. The molecule has 0 bridgehead atoms. The predicted octanol–water partition coefficient (Wildman–Crippen LogP) is 2.91. The Morgan fingerprint density at radius 2 is 2.14 bits per heavy atom. The zero-order chi connectivity index (χ0) is 14.8. The molecule has 21 heavy (non-hydrogen) atoms. The molecule has 0 radical (unpaired) electrons. The van der Waals surface area contributed by atoms with Crippen molar-refractivity contribution in [1.82, 2.24) is 10.6 Å². The summed E-state index contributed by atoms with van der Waals surface area (Å²) in [5, 5.41) is 5.86. The molecule has 3 nitrogen and oxygen atoms in total. The van der Waals surface area contributed by atoms with E-state index in [4.69, 9.17) is 0 Å². The zero-order valence-electron chi connectivity index (χ0n) is 11.5. The van der Waals surface area contributed by atoms with E-state index in [0.717, 1.165) is 25.1 Å². The van der Waals surface area contributed by atoms with E-state index >= 15 is 0 Å². The molecule has 2 N–H and O–H groups in total. The fourth-order valence-corrected chi connectivity index (χ4v) is 2.28. The summed E-state index contributed by atoms with van der Waals surface area (Å²) >= 11 is 0. The summed E-state index contributed by atoms with van der Waals surface area (Å²) in [7, 11) is 0. The smallest absolute Gasteiger partial charge is 0.349 e. The van der Waals surface area contributed by atoms with Gasteiger partial charge in [0.25, 0.3) is 0 Å². The fourth-order valence-electron chi connectivity index (χ4n) is 2.28. The maximum atomic E-state index is 12.6. The van der Waals surface area contributed by atoms with Gasteiger partial charge >= 0.3 is 6.18 Å². The molecule has 0 saturated carbocycles. The molecule has 1 fully saturated rings. The molecule has 2 atom stereocenters. The van der Waals surface area contributed by atoms with Crippen LogP contribution in [0.3, 0.4) is 0 Å². The molecule has 1 aromatic rings. The number of halogens is 4. The third-order valence-electron chi connectivity index (χ3n) is 3.50. The normalized spacial score (nSPS) is 19.7. The van der Waals surface area contributed by atoms with Crippen molar-refractivity contribution in [1.29, 1.82) is 0 Å². The van der Waals surface area contributed by atoms with Crippen molar-refractivity contribution in [3.8, 4) is 0 Å². The highest BCUT2D eigenvalue weighted by Crippen LogP contribution is 2.30. The molecule has 0 aromatic heterocycles.